The van der Waals surface area contributed by atoms with Gasteiger partial charge in [0.1, 0.15) is 6.04 Å². The van der Waals surface area contributed by atoms with Crippen molar-refractivity contribution in [3.8, 4) is 0 Å². The lowest BCUT2D eigenvalue weighted by molar-refractivity contribution is -0.141. The van der Waals surface area contributed by atoms with Crippen LogP contribution in [0.15, 0.2) is 24.3 Å². The molecule has 0 saturated carbocycles. The van der Waals surface area contributed by atoms with Gasteiger partial charge in [0.2, 0.25) is 0 Å². The molecule has 0 radical (unpaired) electrons. The molecule has 1 aromatic rings. The Morgan fingerprint density at radius 3 is 2.59 bits per heavy atom. The molecule has 6 heteroatoms. The largest absolute Gasteiger partial charge is 0.480 e. The normalized spacial score (nSPS) is 18.0. The van der Waals surface area contributed by atoms with E-state index in [9.17, 15) is 9.59 Å². The van der Waals surface area contributed by atoms with Gasteiger partial charge in [-0.2, -0.15) is 0 Å². The van der Waals surface area contributed by atoms with Crippen molar-refractivity contribution in [2.24, 2.45) is 0 Å². The molecule has 1 heterocycles. The van der Waals surface area contributed by atoms with E-state index in [1.165, 1.54) is 4.90 Å². The van der Waals surface area contributed by atoms with Crippen molar-refractivity contribution < 1.29 is 19.8 Å². The highest BCUT2D eigenvalue weighted by Gasteiger charge is 2.34. The van der Waals surface area contributed by atoms with E-state index in [1.54, 1.807) is 12.1 Å². The predicted molar refractivity (Wildman–Crippen MR) is 81.6 cm³/mol. The molecule has 120 valence electrons. The average Bonchev–Trinajstić information content (AvgIpc) is 2.97. The Morgan fingerprint density at radius 1 is 1.32 bits per heavy atom. The molecule has 0 aromatic heterocycles. The molecule has 1 amide bonds. The lowest BCUT2D eigenvalue weighted by Crippen LogP contribution is -2.40. The molecule has 2 rings (SSSR count). The molecule has 6 nitrogen and oxygen atoms in total. The van der Waals surface area contributed by atoms with Crippen molar-refractivity contribution in [1.29, 1.82) is 0 Å². The number of nitrogens with zero attached hydrogens (tertiary/aromatic N) is 2. The Bertz CT molecular complexity index is 529. The van der Waals surface area contributed by atoms with Crippen molar-refractivity contribution in [3.05, 3.63) is 35.4 Å². The van der Waals surface area contributed by atoms with Crippen LogP contribution in [0, 0.1) is 0 Å². The van der Waals surface area contributed by atoms with E-state index in [1.807, 2.05) is 24.1 Å². The van der Waals surface area contributed by atoms with E-state index < -0.39 is 12.0 Å². The second kappa shape index (κ2) is 7.38. The molecule has 1 fully saturated rings. The number of carbonyl (C=O) groups excluding carboxylic acids is 1. The minimum Gasteiger partial charge on any atom is -0.480 e. The number of hydrogen-bond donors (Lipinski definition) is 2. The molecule has 22 heavy (non-hydrogen) atoms. The number of hydrogen-bond acceptors (Lipinski definition) is 4. The van der Waals surface area contributed by atoms with Gasteiger partial charge in [-0.15, -0.1) is 0 Å². The van der Waals surface area contributed by atoms with E-state index in [-0.39, 0.29) is 12.5 Å². The van der Waals surface area contributed by atoms with Gasteiger partial charge in [-0.1, -0.05) is 12.1 Å². The molecular formula is C16H22N2O4. The number of carboxylic acid groups (broad SMARTS) is 1. The predicted octanol–water partition coefficient (Wildman–Crippen LogP) is 0.800. The number of likely N-dealkylation sites (N-methyl/N-ethyl adjacent to an activating group) is 1. The first-order valence-electron chi connectivity index (χ1n) is 7.45. The van der Waals surface area contributed by atoms with Gasteiger partial charge in [-0.05, 0) is 37.6 Å². The third-order valence-electron chi connectivity index (χ3n) is 3.93. The Kier molecular flexibility index (Phi) is 5.51. The minimum absolute atomic E-state index is 0.110. The van der Waals surface area contributed by atoms with E-state index in [4.69, 9.17) is 10.2 Å². The van der Waals surface area contributed by atoms with Crippen molar-refractivity contribution in [2.75, 3.05) is 26.7 Å². The summed E-state index contributed by atoms with van der Waals surface area (Å²) in [6.45, 7) is 1.89. The molecule has 2 N–H and O–H groups in total. The van der Waals surface area contributed by atoms with Crippen LogP contribution in [0.1, 0.15) is 28.8 Å². The number of likely N-dealkylation sites (tertiary alicyclic amines) is 1. The van der Waals surface area contributed by atoms with E-state index in [0.29, 0.717) is 31.6 Å². The summed E-state index contributed by atoms with van der Waals surface area (Å²) in [6.07, 6.45) is 1.25. The Labute approximate surface area is 130 Å². The van der Waals surface area contributed by atoms with Crippen LogP contribution >= 0.6 is 0 Å². The van der Waals surface area contributed by atoms with Gasteiger partial charge in [0.05, 0.1) is 6.61 Å². The zero-order chi connectivity index (χ0) is 16.1. The Balaban J connectivity index is 2.03. The number of aliphatic hydroxyl groups excluding tert-OH is 1. The van der Waals surface area contributed by atoms with Crippen LogP contribution in [-0.4, -0.2) is 64.7 Å². The van der Waals surface area contributed by atoms with Crippen LogP contribution in [0.25, 0.3) is 0 Å². The molecular weight excluding hydrogens is 284 g/mol. The first-order chi connectivity index (χ1) is 10.5. The summed E-state index contributed by atoms with van der Waals surface area (Å²) < 4.78 is 0. The zero-order valence-electron chi connectivity index (χ0n) is 12.7. The fourth-order valence-electron chi connectivity index (χ4n) is 2.75. The summed E-state index contributed by atoms with van der Waals surface area (Å²) in [5.74, 6) is -1.16. The molecule has 1 saturated heterocycles. The highest BCUT2D eigenvalue weighted by atomic mass is 16.4. The highest BCUT2D eigenvalue weighted by molar-refractivity contribution is 5.97. The molecule has 0 spiro atoms. The summed E-state index contributed by atoms with van der Waals surface area (Å²) in [7, 11) is 1.91. The SMILES string of the molecule is CN(CCO)Cc1ccc(C(=O)N2CCCC2C(=O)O)cc1. The number of carboxylic acids is 1. The van der Waals surface area contributed by atoms with Gasteiger partial charge in [-0.25, -0.2) is 4.79 Å². The van der Waals surface area contributed by atoms with Crippen molar-refractivity contribution in [3.63, 3.8) is 0 Å². The topological polar surface area (TPSA) is 81.1 Å². The van der Waals surface area contributed by atoms with Gasteiger partial charge in [0, 0.05) is 25.2 Å². The van der Waals surface area contributed by atoms with Gasteiger partial charge in [0.25, 0.3) is 5.91 Å². The first kappa shape index (κ1) is 16.5. The molecule has 0 aliphatic carbocycles. The Morgan fingerprint density at radius 2 is 2.00 bits per heavy atom. The molecule has 1 aliphatic heterocycles. The summed E-state index contributed by atoms with van der Waals surface area (Å²) in [4.78, 5) is 27.0. The number of carbonyl (C=O) groups is 2. The average molecular weight is 306 g/mol. The molecule has 1 aromatic carbocycles. The standard InChI is InChI=1S/C16H22N2O4/c1-17(9-10-19)11-12-4-6-13(7-5-12)15(20)18-8-2-3-14(18)16(21)22/h4-7,14,19H,2-3,8-11H2,1H3,(H,21,22). The minimum atomic E-state index is -0.937. The maximum Gasteiger partial charge on any atom is 0.326 e. The quantitative estimate of drug-likeness (QED) is 0.812. The van der Waals surface area contributed by atoms with Crippen LogP contribution in [-0.2, 0) is 11.3 Å². The van der Waals surface area contributed by atoms with Gasteiger partial charge in [-0.3, -0.25) is 9.69 Å². The zero-order valence-corrected chi connectivity index (χ0v) is 12.7. The van der Waals surface area contributed by atoms with Crippen LogP contribution in [0.5, 0.6) is 0 Å². The maximum absolute atomic E-state index is 12.4. The van der Waals surface area contributed by atoms with E-state index >= 15 is 0 Å². The number of aliphatic hydroxyl groups is 1. The second-order valence-electron chi connectivity index (χ2n) is 5.65. The van der Waals surface area contributed by atoms with Crippen molar-refractivity contribution >= 4 is 11.9 Å². The lowest BCUT2D eigenvalue weighted by atomic mass is 10.1. The van der Waals surface area contributed by atoms with Crippen LogP contribution in [0.2, 0.25) is 0 Å². The number of aliphatic carboxylic acids is 1. The third-order valence-corrected chi connectivity index (χ3v) is 3.93. The van der Waals surface area contributed by atoms with Crippen LogP contribution in [0.4, 0.5) is 0 Å². The summed E-state index contributed by atoms with van der Waals surface area (Å²) in [6, 6.07) is 6.51. The fraction of sp³-hybridized carbons (Fsp3) is 0.500. The van der Waals surface area contributed by atoms with Crippen molar-refractivity contribution in [1.82, 2.24) is 9.80 Å². The monoisotopic (exact) mass is 306 g/mol. The first-order valence-corrected chi connectivity index (χ1v) is 7.45. The molecule has 1 unspecified atom stereocenters. The second-order valence-corrected chi connectivity index (χ2v) is 5.65. The van der Waals surface area contributed by atoms with E-state index in [2.05, 4.69) is 0 Å². The van der Waals surface area contributed by atoms with E-state index in [0.717, 1.165) is 12.0 Å². The highest BCUT2D eigenvalue weighted by Crippen LogP contribution is 2.20. The van der Waals surface area contributed by atoms with Crippen LogP contribution in [0.3, 0.4) is 0 Å². The fourth-order valence-corrected chi connectivity index (χ4v) is 2.75. The number of benzene rings is 1. The van der Waals surface area contributed by atoms with Gasteiger partial charge in [0.15, 0.2) is 0 Å². The molecule has 1 aliphatic rings. The molecule has 0 bridgehead atoms. The smallest absolute Gasteiger partial charge is 0.326 e. The Hall–Kier alpha value is -1.92. The van der Waals surface area contributed by atoms with Gasteiger partial charge < -0.3 is 15.1 Å². The summed E-state index contributed by atoms with van der Waals surface area (Å²) in [5.41, 5.74) is 1.56. The summed E-state index contributed by atoms with van der Waals surface area (Å²) >= 11 is 0. The summed E-state index contributed by atoms with van der Waals surface area (Å²) in [5, 5.41) is 18.0. The van der Waals surface area contributed by atoms with Crippen LogP contribution < -0.4 is 0 Å². The maximum atomic E-state index is 12.4. The number of amides is 1. The molecule has 1 atom stereocenters. The van der Waals surface area contributed by atoms with Gasteiger partial charge >= 0.3 is 5.97 Å². The lowest BCUT2D eigenvalue weighted by Gasteiger charge is -2.21. The number of rotatable bonds is 6. The third kappa shape index (κ3) is 3.84. The van der Waals surface area contributed by atoms with Crippen molar-refractivity contribution in [2.45, 2.75) is 25.4 Å².